The largest absolute Gasteiger partial charge is 0.493 e. The summed E-state index contributed by atoms with van der Waals surface area (Å²) < 4.78 is 30.9. The summed E-state index contributed by atoms with van der Waals surface area (Å²) in [7, 11) is 1.93. The number of rotatable bonds is 8. The monoisotopic (exact) mass is 243 g/mol. The van der Waals surface area contributed by atoms with Crippen LogP contribution in [0.5, 0.6) is 5.75 Å². The molecule has 1 aromatic rings. The molecule has 2 nitrogen and oxygen atoms in total. The van der Waals surface area contributed by atoms with Crippen molar-refractivity contribution in [2.24, 2.45) is 0 Å². The Morgan fingerprint density at radius 3 is 2.29 bits per heavy atom. The summed E-state index contributed by atoms with van der Waals surface area (Å²) in [6.07, 6.45) is 4.26. The Bertz CT molecular complexity index is 311. The van der Waals surface area contributed by atoms with Gasteiger partial charge in [0, 0.05) is 18.2 Å². The number of hydrogen-bond acceptors (Lipinski definition) is 2. The molecule has 96 valence electrons. The van der Waals surface area contributed by atoms with E-state index < -0.39 is 11.6 Å². The molecule has 0 unspecified atom stereocenters. The highest BCUT2D eigenvalue weighted by molar-refractivity contribution is 5.23. The first-order valence-corrected chi connectivity index (χ1v) is 5.96. The second kappa shape index (κ2) is 8.01. The van der Waals surface area contributed by atoms with Crippen LogP contribution in [0.1, 0.15) is 25.7 Å². The van der Waals surface area contributed by atoms with Crippen molar-refractivity contribution in [1.29, 1.82) is 0 Å². The lowest BCUT2D eigenvalue weighted by Gasteiger charge is -2.06. The lowest BCUT2D eigenvalue weighted by molar-refractivity contribution is 0.301. The van der Waals surface area contributed by atoms with Crippen LogP contribution in [0.3, 0.4) is 0 Å². The summed E-state index contributed by atoms with van der Waals surface area (Å²) in [4.78, 5) is 0. The molecule has 0 atom stereocenters. The molecule has 0 saturated heterocycles. The summed E-state index contributed by atoms with van der Waals surface area (Å²) in [5, 5.41) is 3.08. The number of hydrogen-bond donors (Lipinski definition) is 1. The van der Waals surface area contributed by atoms with Gasteiger partial charge in [-0.25, -0.2) is 8.78 Å². The molecule has 4 heteroatoms. The predicted molar refractivity (Wildman–Crippen MR) is 64.2 cm³/mol. The van der Waals surface area contributed by atoms with Gasteiger partial charge >= 0.3 is 0 Å². The van der Waals surface area contributed by atoms with Crippen LogP contribution in [-0.2, 0) is 0 Å². The average molecular weight is 243 g/mol. The first-order valence-electron chi connectivity index (χ1n) is 5.96. The normalized spacial score (nSPS) is 10.5. The fourth-order valence-corrected chi connectivity index (χ4v) is 1.56. The summed E-state index contributed by atoms with van der Waals surface area (Å²) in [6, 6.07) is 3.23. The molecule has 0 bridgehead atoms. The zero-order chi connectivity index (χ0) is 12.5. The molecular weight excluding hydrogens is 224 g/mol. The SMILES string of the molecule is CNCCCCCCOc1cc(F)cc(F)c1. The van der Waals surface area contributed by atoms with E-state index in [0.717, 1.165) is 38.3 Å². The maximum absolute atomic E-state index is 12.8. The van der Waals surface area contributed by atoms with Gasteiger partial charge in [0.2, 0.25) is 0 Å². The third kappa shape index (κ3) is 6.22. The molecule has 0 aliphatic heterocycles. The topological polar surface area (TPSA) is 21.3 Å². The number of halogens is 2. The molecule has 0 saturated carbocycles. The average Bonchev–Trinajstić information content (AvgIpc) is 2.26. The maximum atomic E-state index is 12.8. The zero-order valence-corrected chi connectivity index (χ0v) is 10.1. The van der Waals surface area contributed by atoms with Gasteiger partial charge in [-0.05, 0) is 26.4 Å². The predicted octanol–water partition coefficient (Wildman–Crippen LogP) is 3.12. The molecule has 0 aliphatic carbocycles. The van der Waals surface area contributed by atoms with Crippen molar-refractivity contribution in [3.63, 3.8) is 0 Å². The third-order valence-electron chi connectivity index (χ3n) is 2.43. The fraction of sp³-hybridized carbons (Fsp3) is 0.538. The van der Waals surface area contributed by atoms with Crippen LogP contribution in [0.15, 0.2) is 18.2 Å². The van der Waals surface area contributed by atoms with E-state index >= 15 is 0 Å². The van der Waals surface area contributed by atoms with Crippen molar-refractivity contribution in [3.8, 4) is 5.75 Å². The minimum Gasteiger partial charge on any atom is -0.493 e. The molecule has 0 heterocycles. The summed E-state index contributed by atoms with van der Waals surface area (Å²) in [5.74, 6) is -0.944. The van der Waals surface area contributed by atoms with E-state index in [2.05, 4.69) is 5.32 Å². The molecule has 1 N–H and O–H groups in total. The first kappa shape index (κ1) is 13.9. The molecule has 0 radical (unpaired) electrons. The van der Waals surface area contributed by atoms with Gasteiger partial charge in [0.1, 0.15) is 17.4 Å². The van der Waals surface area contributed by atoms with Gasteiger partial charge in [-0.15, -0.1) is 0 Å². The van der Waals surface area contributed by atoms with E-state index in [4.69, 9.17) is 4.74 Å². The van der Waals surface area contributed by atoms with Crippen molar-refractivity contribution >= 4 is 0 Å². The molecule has 1 aromatic carbocycles. The van der Waals surface area contributed by atoms with Gasteiger partial charge in [-0.3, -0.25) is 0 Å². The van der Waals surface area contributed by atoms with Crippen molar-refractivity contribution in [2.45, 2.75) is 25.7 Å². The van der Waals surface area contributed by atoms with Crippen LogP contribution in [0.2, 0.25) is 0 Å². The Balaban J connectivity index is 2.13. The molecule has 0 spiro atoms. The number of unbranched alkanes of at least 4 members (excludes halogenated alkanes) is 3. The highest BCUT2D eigenvalue weighted by Crippen LogP contribution is 2.15. The van der Waals surface area contributed by atoms with Crippen LogP contribution in [0.25, 0.3) is 0 Å². The van der Waals surface area contributed by atoms with Crippen molar-refractivity contribution in [2.75, 3.05) is 20.2 Å². The minimum atomic E-state index is -0.603. The molecule has 1 rings (SSSR count). The maximum Gasteiger partial charge on any atom is 0.129 e. The van der Waals surface area contributed by atoms with Gasteiger partial charge in [0.15, 0.2) is 0 Å². The summed E-state index contributed by atoms with van der Waals surface area (Å²) in [6.45, 7) is 1.53. The van der Waals surface area contributed by atoms with Crippen molar-refractivity contribution in [1.82, 2.24) is 5.32 Å². The quantitative estimate of drug-likeness (QED) is 0.708. The Kier molecular flexibility index (Phi) is 6.55. The lowest BCUT2D eigenvalue weighted by atomic mass is 10.2. The van der Waals surface area contributed by atoms with E-state index in [-0.39, 0.29) is 5.75 Å². The van der Waals surface area contributed by atoms with E-state index in [9.17, 15) is 8.78 Å². The second-order valence-corrected chi connectivity index (χ2v) is 3.97. The Hall–Kier alpha value is -1.16. The minimum absolute atomic E-state index is 0.262. The van der Waals surface area contributed by atoms with Gasteiger partial charge in [0.25, 0.3) is 0 Å². The standard InChI is InChI=1S/C13H19F2NO/c1-16-6-4-2-3-5-7-17-13-9-11(14)8-12(15)10-13/h8-10,16H,2-7H2,1H3. The van der Waals surface area contributed by atoms with Crippen LogP contribution in [0, 0.1) is 11.6 Å². The number of ether oxygens (including phenoxy) is 1. The molecule has 0 aliphatic rings. The third-order valence-corrected chi connectivity index (χ3v) is 2.43. The highest BCUT2D eigenvalue weighted by atomic mass is 19.1. The smallest absolute Gasteiger partial charge is 0.129 e. The van der Waals surface area contributed by atoms with Gasteiger partial charge < -0.3 is 10.1 Å². The Morgan fingerprint density at radius 1 is 1.00 bits per heavy atom. The Morgan fingerprint density at radius 2 is 1.65 bits per heavy atom. The Labute approximate surface area is 101 Å². The summed E-state index contributed by atoms with van der Waals surface area (Å²) >= 11 is 0. The fourth-order valence-electron chi connectivity index (χ4n) is 1.56. The number of benzene rings is 1. The first-order chi connectivity index (χ1) is 8.22. The van der Waals surface area contributed by atoms with Crippen LogP contribution in [0.4, 0.5) is 8.78 Å². The van der Waals surface area contributed by atoms with Crippen LogP contribution in [-0.4, -0.2) is 20.2 Å². The van der Waals surface area contributed by atoms with E-state index in [1.54, 1.807) is 0 Å². The van der Waals surface area contributed by atoms with E-state index in [1.807, 2.05) is 7.05 Å². The summed E-state index contributed by atoms with van der Waals surface area (Å²) in [5.41, 5.74) is 0. The van der Waals surface area contributed by atoms with Crippen LogP contribution < -0.4 is 10.1 Å². The van der Waals surface area contributed by atoms with Gasteiger partial charge in [0.05, 0.1) is 6.61 Å². The van der Waals surface area contributed by atoms with E-state index in [0.29, 0.717) is 6.61 Å². The van der Waals surface area contributed by atoms with Gasteiger partial charge in [-0.1, -0.05) is 12.8 Å². The molecule has 0 fully saturated rings. The lowest BCUT2D eigenvalue weighted by Crippen LogP contribution is -2.07. The second-order valence-electron chi connectivity index (χ2n) is 3.97. The molecule has 0 amide bonds. The molecule has 0 aromatic heterocycles. The zero-order valence-electron chi connectivity index (χ0n) is 10.1. The van der Waals surface area contributed by atoms with Crippen molar-refractivity contribution < 1.29 is 13.5 Å². The highest BCUT2D eigenvalue weighted by Gasteiger charge is 2.01. The number of nitrogens with one attached hydrogen (secondary N) is 1. The molecule has 17 heavy (non-hydrogen) atoms. The molecular formula is C13H19F2NO. The van der Waals surface area contributed by atoms with Crippen LogP contribution >= 0.6 is 0 Å². The van der Waals surface area contributed by atoms with Crippen molar-refractivity contribution in [3.05, 3.63) is 29.8 Å². The van der Waals surface area contributed by atoms with E-state index in [1.165, 1.54) is 12.1 Å². The van der Waals surface area contributed by atoms with Gasteiger partial charge in [-0.2, -0.15) is 0 Å².